The van der Waals surface area contributed by atoms with Crippen LogP contribution in [0.15, 0.2) is 0 Å². The van der Waals surface area contributed by atoms with E-state index in [1.807, 2.05) is 0 Å². The lowest BCUT2D eigenvalue weighted by Crippen LogP contribution is -2.29. The molecule has 0 N–H and O–H groups in total. The first-order valence-electron chi connectivity index (χ1n) is 17.9. The smallest absolute Gasteiger partial charge is 0.0591 e. The molecule has 0 fully saturated rings. The van der Waals surface area contributed by atoms with E-state index in [1.165, 1.54) is 167 Å². The van der Waals surface area contributed by atoms with Crippen LogP contribution < -0.4 is 0 Å². The van der Waals surface area contributed by atoms with Crippen LogP contribution in [0.25, 0.3) is 0 Å². The SMILES string of the molecule is CCCCCCCCCCCCCC(CCN(C)C)OC(CCCCCCCCCCCCC)CCN(C)C. The Morgan fingerprint density at radius 3 is 0.872 bits per heavy atom. The Balaban J connectivity index is 4.25. The van der Waals surface area contributed by atoms with Gasteiger partial charge in [-0.05, 0) is 67.0 Å². The molecule has 2 atom stereocenters. The van der Waals surface area contributed by atoms with E-state index in [9.17, 15) is 0 Å². The van der Waals surface area contributed by atoms with Crippen LogP contribution in [0.4, 0.5) is 0 Å². The van der Waals surface area contributed by atoms with Crippen molar-refractivity contribution in [2.45, 2.75) is 193 Å². The molecule has 0 aromatic rings. The van der Waals surface area contributed by atoms with Crippen molar-refractivity contribution < 1.29 is 4.74 Å². The Morgan fingerprint density at radius 1 is 0.359 bits per heavy atom. The first-order chi connectivity index (χ1) is 19.0. The first-order valence-corrected chi connectivity index (χ1v) is 17.9. The Kier molecular flexibility index (Phi) is 30.7. The van der Waals surface area contributed by atoms with Gasteiger partial charge in [0.25, 0.3) is 0 Å². The average molecular weight is 553 g/mol. The molecule has 0 aliphatic carbocycles. The van der Waals surface area contributed by atoms with Crippen LogP contribution in [-0.2, 0) is 4.74 Å². The average Bonchev–Trinajstić information content (AvgIpc) is 2.91. The van der Waals surface area contributed by atoms with E-state index in [1.54, 1.807) is 0 Å². The number of unbranched alkanes of at least 4 members (excludes halogenated alkanes) is 20. The quantitative estimate of drug-likeness (QED) is 0.0772. The second-order valence-corrected chi connectivity index (χ2v) is 13.2. The molecule has 0 rings (SSSR count). The van der Waals surface area contributed by atoms with Crippen LogP contribution in [-0.4, -0.2) is 63.3 Å². The summed E-state index contributed by atoms with van der Waals surface area (Å²) in [5, 5.41) is 0. The van der Waals surface area contributed by atoms with Gasteiger partial charge in [0.2, 0.25) is 0 Å². The molecule has 0 saturated carbocycles. The molecule has 0 radical (unpaired) electrons. The molecule has 2 unspecified atom stereocenters. The highest BCUT2D eigenvalue weighted by atomic mass is 16.5. The van der Waals surface area contributed by atoms with Gasteiger partial charge in [-0.25, -0.2) is 0 Å². The second kappa shape index (κ2) is 30.8. The summed E-state index contributed by atoms with van der Waals surface area (Å²) in [5.74, 6) is 0. The third-order valence-electron chi connectivity index (χ3n) is 8.44. The zero-order valence-corrected chi connectivity index (χ0v) is 28.3. The zero-order chi connectivity index (χ0) is 28.8. The Morgan fingerprint density at radius 2 is 0.615 bits per heavy atom. The summed E-state index contributed by atoms with van der Waals surface area (Å²) < 4.78 is 6.88. The molecule has 236 valence electrons. The molecule has 3 nitrogen and oxygen atoms in total. The minimum atomic E-state index is 0.436. The summed E-state index contributed by atoms with van der Waals surface area (Å²) in [7, 11) is 8.81. The fourth-order valence-electron chi connectivity index (χ4n) is 5.71. The third kappa shape index (κ3) is 30.7. The molecular formula is C36H76N2O. The van der Waals surface area contributed by atoms with Gasteiger partial charge in [0.05, 0.1) is 12.2 Å². The Hall–Kier alpha value is -0.120. The van der Waals surface area contributed by atoms with E-state index in [0.717, 1.165) is 13.1 Å². The Labute approximate surface area is 248 Å². The molecule has 0 amide bonds. The molecule has 0 spiro atoms. The van der Waals surface area contributed by atoms with E-state index in [0.29, 0.717) is 12.2 Å². The third-order valence-corrected chi connectivity index (χ3v) is 8.44. The van der Waals surface area contributed by atoms with Crippen molar-refractivity contribution in [2.75, 3.05) is 41.3 Å². The first kappa shape index (κ1) is 38.9. The topological polar surface area (TPSA) is 15.7 Å². The number of hydrogen-bond donors (Lipinski definition) is 0. The van der Waals surface area contributed by atoms with Gasteiger partial charge in [-0.3, -0.25) is 0 Å². The van der Waals surface area contributed by atoms with Gasteiger partial charge >= 0.3 is 0 Å². The highest BCUT2D eigenvalue weighted by molar-refractivity contribution is 4.68. The van der Waals surface area contributed by atoms with E-state index in [-0.39, 0.29) is 0 Å². The Bertz CT molecular complexity index is 413. The maximum Gasteiger partial charge on any atom is 0.0591 e. The fourth-order valence-corrected chi connectivity index (χ4v) is 5.71. The predicted molar refractivity (Wildman–Crippen MR) is 177 cm³/mol. The number of rotatable bonds is 32. The summed E-state index contributed by atoms with van der Waals surface area (Å²) in [4.78, 5) is 4.66. The van der Waals surface area contributed by atoms with Gasteiger partial charge in [-0.15, -0.1) is 0 Å². The van der Waals surface area contributed by atoms with Crippen molar-refractivity contribution in [1.29, 1.82) is 0 Å². The standard InChI is InChI=1S/C36H76N2O/c1-7-9-11-13-15-17-19-21-23-25-27-29-35(31-33-37(3)4)39-36(32-34-38(5)6)30-28-26-24-22-20-18-16-14-12-10-8-2/h35-36H,7-34H2,1-6H3. The predicted octanol–water partition coefficient (Wildman–Crippen LogP) is 11.0. The van der Waals surface area contributed by atoms with Gasteiger partial charge in [-0.2, -0.15) is 0 Å². The molecular weight excluding hydrogens is 476 g/mol. The molecule has 0 saturated heterocycles. The molecule has 0 aromatic carbocycles. The van der Waals surface area contributed by atoms with E-state index in [2.05, 4.69) is 51.8 Å². The molecule has 39 heavy (non-hydrogen) atoms. The van der Waals surface area contributed by atoms with Crippen LogP contribution in [0, 0.1) is 0 Å². The van der Waals surface area contributed by atoms with Crippen molar-refractivity contribution in [3.8, 4) is 0 Å². The lowest BCUT2D eigenvalue weighted by molar-refractivity contribution is -0.0348. The van der Waals surface area contributed by atoms with Crippen molar-refractivity contribution >= 4 is 0 Å². The fraction of sp³-hybridized carbons (Fsp3) is 1.00. The van der Waals surface area contributed by atoms with Gasteiger partial charge in [-0.1, -0.05) is 155 Å². The summed E-state index contributed by atoms with van der Waals surface area (Å²) in [6.07, 6.45) is 36.9. The summed E-state index contributed by atoms with van der Waals surface area (Å²) in [5.41, 5.74) is 0. The van der Waals surface area contributed by atoms with Crippen molar-refractivity contribution in [1.82, 2.24) is 9.80 Å². The van der Waals surface area contributed by atoms with Gasteiger partial charge in [0.15, 0.2) is 0 Å². The zero-order valence-electron chi connectivity index (χ0n) is 28.3. The van der Waals surface area contributed by atoms with Gasteiger partial charge in [0.1, 0.15) is 0 Å². The summed E-state index contributed by atoms with van der Waals surface area (Å²) in [6, 6.07) is 0. The van der Waals surface area contributed by atoms with E-state index in [4.69, 9.17) is 4.74 Å². The van der Waals surface area contributed by atoms with Gasteiger partial charge in [0, 0.05) is 0 Å². The maximum absolute atomic E-state index is 6.88. The van der Waals surface area contributed by atoms with Crippen molar-refractivity contribution in [2.24, 2.45) is 0 Å². The number of hydrogen-bond acceptors (Lipinski definition) is 3. The summed E-state index contributed by atoms with van der Waals surface area (Å²) >= 11 is 0. The van der Waals surface area contributed by atoms with Crippen molar-refractivity contribution in [3.05, 3.63) is 0 Å². The molecule has 0 aliphatic rings. The van der Waals surface area contributed by atoms with Crippen molar-refractivity contribution in [3.63, 3.8) is 0 Å². The van der Waals surface area contributed by atoms with Crippen LogP contribution >= 0.6 is 0 Å². The molecule has 3 heteroatoms. The number of ether oxygens (including phenoxy) is 1. The largest absolute Gasteiger partial charge is 0.375 e. The van der Waals surface area contributed by atoms with Crippen LogP contribution in [0.2, 0.25) is 0 Å². The van der Waals surface area contributed by atoms with Crippen LogP contribution in [0.5, 0.6) is 0 Å². The lowest BCUT2D eigenvalue weighted by atomic mass is 10.0. The molecule has 0 bridgehead atoms. The second-order valence-electron chi connectivity index (χ2n) is 13.2. The van der Waals surface area contributed by atoms with E-state index < -0.39 is 0 Å². The molecule has 0 aliphatic heterocycles. The molecule has 0 heterocycles. The number of nitrogens with zero attached hydrogens (tertiary/aromatic N) is 2. The highest BCUT2D eigenvalue weighted by Gasteiger charge is 2.17. The monoisotopic (exact) mass is 553 g/mol. The van der Waals surface area contributed by atoms with Crippen LogP contribution in [0.1, 0.15) is 181 Å². The maximum atomic E-state index is 6.88. The summed E-state index contributed by atoms with van der Waals surface area (Å²) in [6.45, 7) is 6.89. The lowest BCUT2D eigenvalue weighted by Gasteiger charge is -2.27. The minimum absolute atomic E-state index is 0.436. The van der Waals surface area contributed by atoms with Gasteiger partial charge < -0.3 is 14.5 Å². The normalized spacial score (nSPS) is 13.5. The van der Waals surface area contributed by atoms with E-state index >= 15 is 0 Å². The highest BCUT2D eigenvalue weighted by Crippen LogP contribution is 2.20. The van der Waals surface area contributed by atoms with Crippen LogP contribution in [0.3, 0.4) is 0 Å². The minimum Gasteiger partial charge on any atom is -0.375 e. The molecule has 0 aromatic heterocycles.